The molecule has 188 valence electrons. The molecule has 0 unspecified atom stereocenters. The second-order valence-electron chi connectivity index (χ2n) is 9.24. The number of methoxy groups -OCH3 is 1. The highest BCUT2D eigenvalue weighted by atomic mass is 16.5. The Labute approximate surface area is 215 Å². The van der Waals surface area contributed by atoms with Crippen LogP contribution in [-0.4, -0.2) is 57.4 Å². The van der Waals surface area contributed by atoms with Crippen LogP contribution in [0.25, 0.3) is 16.6 Å². The van der Waals surface area contributed by atoms with E-state index in [1.165, 1.54) is 11.6 Å². The molecule has 0 atom stereocenters. The average molecular weight is 496 g/mol. The zero-order valence-electron chi connectivity index (χ0n) is 21.0. The number of hydrogen-bond acceptors (Lipinski definition) is 6. The molecule has 1 saturated heterocycles. The topological polar surface area (TPSA) is 91.7 Å². The first kappa shape index (κ1) is 24.3. The number of rotatable bonds is 7. The number of anilines is 1. The monoisotopic (exact) mass is 495 g/mol. The molecule has 0 N–H and O–H groups in total. The number of piperidine rings is 1. The summed E-state index contributed by atoms with van der Waals surface area (Å²) in [5, 5.41) is 18.3. The van der Waals surface area contributed by atoms with Crippen molar-refractivity contribution in [2.75, 3.05) is 32.1 Å². The lowest BCUT2D eigenvalue weighted by atomic mass is 10.0. The van der Waals surface area contributed by atoms with E-state index >= 15 is 0 Å². The lowest BCUT2D eigenvalue weighted by molar-refractivity contribution is -0.113. The van der Waals surface area contributed by atoms with E-state index in [4.69, 9.17) is 4.74 Å². The Hall–Kier alpha value is -4.42. The number of benzene rings is 1. The predicted molar refractivity (Wildman–Crippen MR) is 141 cm³/mol. The molecule has 4 aromatic rings. The molecule has 0 saturated carbocycles. The van der Waals surface area contributed by atoms with Crippen molar-refractivity contribution in [3.8, 4) is 22.9 Å². The van der Waals surface area contributed by atoms with Crippen molar-refractivity contribution in [2.24, 2.45) is 0 Å². The van der Waals surface area contributed by atoms with Crippen LogP contribution in [-0.2, 0) is 11.3 Å². The summed E-state index contributed by atoms with van der Waals surface area (Å²) in [4.78, 5) is 15.9. The van der Waals surface area contributed by atoms with Gasteiger partial charge in [-0.3, -0.25) is 14.4 Å². The van der Waals surface area contributed by atoms with Crippen LogP contribution in [0, 0.1) is 11.3 Å². The van der Waals surface area contributed by atoms with E-state index in [0.717, 1.165) is 49.3 Å². The molecule has 0 aliphatic carbocycles. The summed E-state index contributed by atoms with van der Waals surface area (Å²) < 4.78 is 9.29. The first-order chi connectivity index (χ1) is 18.0. The molecule has 9 heteroatoms. The Kier molecular flexibility index (Phi) is 6.75. The number of carbonyl (C=O) groups excluding carboxylic acids is 1. The van der Waals surface area contributed by atoms with Crippen LogP contribution in [0.2, 0.25) is 0 Å². The number of likely N-dealkylation sites (N-methyl/N-ethyl adjacent to an activating group) is 1. The molecule has 1 fully saturated rings. The highest BCUT2D eigenvalue weighted by molar-refractivity contribution is 6.00. The van der Waals surface area contributed by atoms with Gasteiger partial charge in [0.2, 0.25) is 5.91 Å². The van der Waals surface area contributed by atoms with Gasteiger partial charge in [-0.05, 0) is 42.7 Å². The smallest absolute Gasteiger partial charge is 0.250 e. The number of amides is 1. The molecule has 1 amide bonds. The number of nitrogens with zero attached hydrogens (tertiary/aromatic N) is 7. The van der Waals surface area contributed by atoms with Crippen molar-refractivity contribution in [3.63, 3.8) is 0 Å². The highest BCUT2D eigenvalue weighted by Gasteiger charge is 2.22. The normalized spacial score (nSPS) is 14.4. The van der Waals surface area contributed by atoms with Crippen molar-refractivity contribution in [3.05, 3.63) is 78.9 Å². The molecule has 1 aromatic carbocycles. The maximum atomic E-state index is 11.8. The highest BCUT2D eigenvalue weighted by Crippen LogP contribution is 2.31. The Morgan fingerprint density at radius 2 is 1.95 bits per heavy atom. The molecule has 0 spiro atoms. The van der Waals surface area contributed by atoms with Crippen molar-refractivity contribution in [1.29, 1.82) is 5.26 Å². The minimum Gasteiger partial charge on any atom is -0.494 e. The molecule has 0 radical (unpaired) electrons. The van der Waals surface area contributed by atoms with E-state index in [9.17, 15) is 10.1 Å². The van der Waals surface area contributed by atoms with Gasteiger partial charge in [-0.15, -0.1) is 0 Å². The van der Waals surface area contributed by atoms with Gasteiger partial charge in [0.15, 0.2) is 0 Å². The van der Waals surface area contributed by atoms with Gasteiger partial charge in [-0.25, -0.2) is 4.52 Å². The molecular formula is C28H29N7O2. The standard InChI is InChI=1S/C28H29N7O2/c1-4-27(36)32(2)24-7-5-20(6-8-24)17-33-11-9-25(10-12-33)34-19-23(16-30-34)21-13-26(37-3)28-22(14-29)15-31-35(28)18-21/h4-8,13,15-16,18-19,25H,1,9-12,17H2,2-3H3. The van der Waals surface area contributed by atoms with Gasteiger partial charge in [0.25, 0.3) is 0 Å². The van der Waals surface area contributed by atoms with Gasteiger partial charge in [-0.1, -0.05) is 18.7 Å². The molecule has 9 nitrogen and oxygen atoms in total. The van der Waals surface area contributed by atoms with Crippen LogP contribution in [0.1, 0.15) is 30.0 Å². The van der Waals surface area contributed by atoms with Crippen LogP contribution in [0.15, 0.2) is 67.8 Å². The number of ether oxygens (including phenoxy) is 1. The van der Waals surface area contributed by atoms with Crippen LogP contribution in [0.5, 0.6) is 5.75 Å². The van der Waals surface area contributed by atoms with Crippen LogP contribution in [0.3, 0.4) is 0 Å². The first-order valence-corrected chi connectivity index (χ1v) is 12.2. The van der Waals surface area contributed by atoms with Gasteiger partial charge in [0.1, 0.15) is 22.9 Å². The molecule has 3 aromatic heterocycles. The Morgan fingerprint density at radius 3 is 2.62 bits per heavy atom. The first-order valence-electron chi connectivity index (χ1n) is 12.2. The van der Waals surface area contributed by atoms with Crippen LogP contribution >= 0.6 is 0 Å². The third-order valence-electron chi connectivity index (χ3n) is 7.02. The van der Waals surface area contributed by atoms with Crippen molar-refractivity contribution in [2.45, 2.75) is 25.4 Å². The summed E-state index contributed by atoms with van der Waals surface area (Å²) in [6.45, 7) is 6.40. The molecule has 0 bridgehead atoms. The summed E-state index contributed by atoms with van der Waals surface area (Å²) in [5.74, 6) is 0.491. The molecule has 5 rings (SSSR count). The molecule has 37 heavy (non-hydrogen) atoms. The lowest BCUT2D eigenvalue weighted by Gasteiger charge is -2.32. The van der Waals surface area contributed by atoms with Gasteiger partial charge in [0, 0.05) is 55.9 Å². The third kappa shape index (κ3) is 4.84. The summed E-state index contributed by atoms with van der Waals surface area (Å²) in [5.41, 5.74) is 5.15. The quantitative estimate of drug-likeness (QED) is 0.359. The summed E-state index contributed by atoms with van der Waals surface area (Å²) in [6, 6.07) is 12.5. The zero-order chi connectivity index (χ0) is 25.9. The number of aromatic nitrogens is 4. The largest absolute Gasteiger partial charge is 0.494 e. The molecule has 4 heterocycles. The maximum Gasteiger partial charge on any atom is 0.250 e. The number of carbonyl (C=O) groups is 1. The van der Waals surface area contributed by atoms with E-state index in [1.807, 2.05) is 30.6 Å². The molecule has 1 aliphatic rings. The van der Waals surface area contributed by atoms with Crippen LogP contribution in [0.4, 0.5) is 5.69 Å². The predicted octanol–water partition coefficient (Wildman–Crippen LogP) is 4.06. The fourth-order valence-electron chi connectivity index (χ4n) is 4.86. The minimum absolute atomic E-state index is 0.120. The van der Waals surface area contributed by atoms with E-state index in [1.54, 1.807) is 29.8 Å². The molecular weight excluding hydrogens is 466 g/mol. The Balaban J connectivity index is 1.22. The molecule has 1 aliphatic heterocycles. The minimum atomic E-state index is -0.120. The second-order valence-corrected chi connectivity index (χ2v) is 9.24. The summed E-state index contributed by atoms with van der Waals surface area (Å²) >= 11 is 0. The lowest BCUT2D eigenvalue weighted by Crippen LogP contribution is -2.34. The SMILES string of the molecule is C=CC(=O)N(C)c1ccc(CN2CCC(n3cc(-c4cc(OC)c5c(C#N)cnn5c4)cn3)CC2)cc1. The number of likely N-dealkylation sites (tertiary alicyclic amines) is 1. The van der Waals surface area contributed by atoms with Crippen LogP contribution < -0.4 is 9.64 Å². The fourth-order valence-corrected chi connectivity index (χ4v) is 4.86. The Morgan fingerprint density at radius 1 is 1.19 bits per heavy atom. The summed E-state index contributed by atoms with van der Waals surface area (Å²) in [6.07, 6.45) is 10.8. The summed E-state index contributed by atoms with van der Waals surface area (Å²) in [7, 11) is 3.35. The number of hydrogen-bond donors (Lipinski definition) is 0. The van der Waals surface area contributed by atoms with Gasteiger partial charge in [-0.2, -0.15) is 15.5 Å². The van der Waals surface area contributed by atoms with E-state index in [2.05, 4.69) is 50.8 Å². The number of fused-ring (bicyclic) bond motifs is 1. The van der Waals surface area contributed by atoms with Gasteiger partial charge in [0.05, 0.1) is 25.5 Å². The zero-order valence-corrected chi connectivity index (χ0v) is 21.0. The third-order valence-corrected chi connectivity index (χ3v) is 7.02. The van der Waals surface area contributed by atoms with Crippen molar-refractivity contribution in [1.82, 2.24) is 24.3 Å². The fraction of sp³-hybridized carbons (Fsp3) is 0.286. The average Bonchev–Trinajstić information content (AvgIpc) is 3.60. The second kappa shape index (κ2) is 10.3. The number of nitriles is 1. The van der Waals surface area contributed by atoms with E-state index < -0.39 is 0 Å². The van der Waals surface area contributed by atoms with Gasteiger partial charge < -0.3 is 9.64 Å². The maximum absolute atomic E-state index is 11.8. The Bertz CT molecular complexity index is 1470. The van der Waals surface area contributed by atoms with Crippen molar-refractivity contribution >= 4 is 17.1 Å². The van der Waals surface area contributed by atoms with E-state index in [0.29, 0.717) is 22.9 Å². The van der Waals surface area contributed by atoms with E-state index in [-0.39, 0.29) is 5.91 Å². The number of pyridine rings is 1. The van der Waals surface area contributed by atoms with Crippen molar-refractivity contribution < 1.29 is 9.53 Å². The van der Waals surface area contributed by atoms with Gasteiger partial charge >= 0.3 is 0 Å².